The molecule has 4 rings (SSSR count). The van der Waals surface area contributed by atoms with Crippen LogP contribution in [-0.4, -0.2) is 31.2 Å². The molecule has 0 bridgehead atoms. The standard InChI is InChI=1S/C23H18BrClN4O3S/c24-16-6-9-18(23(30)28-11-10-15-4-7-17(25)8-5-15)21(14-16)29(33(31)32)20-3-1-2-19-22(20)27-13-12-26-19/h1-9,12-14H,10-11H2,(H,28,30)(H,31,32). The fourth-order valence-electron chi connectivity index (χ4n) is 3.37. The zero-order chi connectivity index (χ0) is 23.4. The monoisotopic (exact) mass is 544 g/mol. The molecule has 0 saturated heterocycles. The van der Waals surface area contributed by atoms with Gasteiger partial charge >= 0.3 is 0 Å². The lowest BCUT2D eigenvalue weighted by molar-refractivity contribution is 0.0955. The number of benzene rings is 3. The van der Waals surface area contributed by atoms with E-state index < -0.39 is 11.3 Å². The van der Waals surface area contributed by atoms with Crippen LogP contribution < -0.4 is 9.62 Å². The van der Waals surface area contributed by atoms with Crippen LogP contribution in [0.3, 0.4) is 0 Å². The van der Waals surface area contributed by atoms with Gasteiger partial charge in [-0.15, -0.1) is 0 Å². The Balaban J connectivity index is 1.66. The van der Waals surface area contributed by atoms with Crippen molar-refractivity contribution < 1.29 is 13.6 Å². The van der Waals surface area contributed by atoms with E-state index in [2.05, 4.69) is 31.2 Å². The summed E-state index contributed by atoms with van der Waals surface area (Å²) in [6.07, 6.45) is 3.67. The largest absolute Gasteiger partial charge is 0.352 e. The third-order valence-corrected chi connectivity index (χ3v) is 6.34. The summed E-state index contributed by atoms with van der Waals surface area (Å²) in [5, 5.41) is 3.53. The normalized spacial score (nSPS) is 11.8. The Kier molecular flexibility index (Phi) is 7.34. The highest BCUT2D eigenvalue weighted by Gasteiger charge is 2.24. The molecule has 7 nitrogen and oxygen atoms in total. The number of carbonyl (C=O) groups is 1. The molecule has 1 unspecified atom stereocenters. The van der Waals surface area contributed by atoms with Gasteiger partial charge < -0.3 is 5.32 Å². The number of hydrogen-bond acceptors (Lipinski definition) is 4. The second-order valence-corrected chi connectivity index (χ2v) is 9.20. The molecule has 168 valence electrons. The zero-order valence-electron chi connectivity index (χ0n) is 17.1. The minimum absolute atomic E-state index is 0.248. The molecule has 1 atom stereocenters. The van der Waals surface area contributed by atoms with E-state index in [0.717, 1.165) is 9.87 Å². The van der Waals surface area contributed by atoms with Crippen molar-refractivity contribution in [3.05, 3.63) is 93.7 Å². The molecule has 33 heavy (non-hydrogen) atoms. The third kappa shape index (κ3) is 5.39. The molecule has 3 aromatic carbocycles. The molecule has 2 N–H and O–H groups in total. The molecular formula is C23H18BrClN4O3S. The van der Waals surface area contributed by atoms with E-state index in [9.17, 15) is 13.6 Å². The van der Waals surface area contributed by atoms with Crippen LogP contribution in [0.25, 0.3) is 11.0 Å². The number of para-hydroxylation sites is 1. The van der Waals surface area contributed by atoms with Gasteiger partial charge in [0.15, 0.2) is 0 Å². The van der Waals surface area contributed by atoms with Gasteiger partial charge in [0.25, 0.3) is 17.2 Å². The third-order valence-electron chi connectivity index (χ3n) is 4.89. The van der Waals surface area contributed by atoms with Gasteiger partial charge in [-0.2, -0.15) is 0 Å². The van der Waals surface area contributed by atoms with Crippen LogP contribution in [0.4, 0.5) is 11.4 Å². The van der Waals surface area contributed by atoms with Crippen LogP contribution in [0.5, 0.6) is 0 Å². The number of nitrogens with zero attached hydrogens (tertiary/aromatic N) is 3. The van der Waals surface area contributed by atoms with E-state index in [1.807, 2.05) is 12.1 Å². The van der Waals surface area contributed by atoms with Crippen LogP contribution in [-0.2, 0) is 17.7 Å². The van der Waals surface area contributed by atoms with Crippen molar-refractivity contribution in [1.82, 2.24) is 15.3 Å². The van der Waals surface area contributed by atoms with Crippen molar-refractivity contribution in [2.75, 3.05) is 10.8 Å². The maximum absolute atomic E-state index is 13.1. The first-order valence-corrected chi connectivity index (χ1v) is 12.1. The number of amides is 1. The van der Waals surface area contributed by atoms with Crippen molar-refractivity contribution in [3.63, 3.8) is 0 Å². The van der Waals surface area contributed by atoms with Crippen LogP contribution in [0.1, 0.15) is 15.9 Å². The van der Waals surface area contributed by atoms with E-state index in [0.29, 0.717) is 39.2 Å². The first-order chi connectivity index (χ1) is 15.9. The summed E-state index contributed by atoms with van der Waals surface area (Å²) in [5.41, 5.74) is 2.90. The summed E-state index contributed by atoms with van der Waals surface area (Å²) in [6, 6.07) is 17.5. The SMILES string of the molecule is O=C(NCCc1ccc(Cl)cc1)c1ccc(Br)cc1N(c1cccc2nccnc12)S(=O)O. The Morgan fingerprint density at radius 2 is 1.82 bits per heavy atom. The van der Waals surface area contributed by atoms with E-state index in [4.69, 9.17) is 11.6 Å². The molecule has 1 aromatic heterocycles. The minimum atomic E-state index is -2.48. The van der Waals surface area contributed by atoms with Gasteiger partial charge in [0, 0.05) is 28.4 Å². The number of nitrogens with one attached hydrogen (secondary N) is 1. The van der Waals surface area contributed by atoms with E-state index in [1.54, 1.807) is 54.7 Å². The average molecular weight is 546 g/mol. The number of aromatic nitrogens is 2. The topological polar surface area (TPSA) is 95.4 Å². The highest BCUT2D eigenvalue weighted by atomic mass is 79.9. The number of hydrogen-bond donors (Lipinski definition) is 2. The maximum Gasteiger partial charge on any atom is 0.266 e. The second-order valence-electron chi connectivity index (χ2n) is 7.02. The van der Waals surface area contributed by atoms with Crippen molar-refractivity contribution in [1.29, 1.82) is 0 Å². The van der Waals surface area contributed by atoms with Gasteiger partial charge in [0.05, 0.1) is 22.5 Å². The number of carbonyl (C=O) groups excluding carboxylic acids is 1. The summed E-state index contributed by atoms with van der Waals surface area (Å²) >= 11 is 6.83. The predicted octanol–water partition coefficient (Wildman–Crippen LogP) is 5.29. The smallest absolute Gasteiger partial charge is 0.266 e. The number of anilines is 2. The second kappa shape index (κ2) is 10.4. The summed E-state index contributed by atoms with van der Waals surface area (Å²) in [7, 11) is 0. The van der Waals surface area contributed by atoms with Gasteiger partial charge in [-0.05, 0) is 54.4 Å². The molecule has 4 aromatic rings. The number of fused-ring (bicyclic) bond motifs is 1. The molecule has 1 amide bonds. The molecular weight excluding hydrogens is 528 g/mol. The van der Waals surface area contributed by atoms with E-state index in [1.165, 1.54) is 6.20 Å². The fourth-order valence-corrected chi connectivity index (χ4v) is 4.48. The van der Waals surface area contributed by atoms with Crippen molar-refractivity contribution >= 4 is 67.1 Å². The fraction of sp³-hybridized carbons (Fsp3) is 0.0870. The van der Waals surface area contributed by atoms with Crippen molar-refractivity contribution in [2.24, 2.45) is 0 Å². The van der Waals surface area contributed by atoms with E-state index in [-0.39, 0.29) is 17.2 Å². The summed E-state index contributed by atoms with van der Waals surface area (Å²) in [4.78, 5) is 21.6. The van der Waals surface area contributed by atoms with Crippen LogP contribution in [0, 0.1) is 0 Å². The molecule has 0 aliphatic heterocycles. The molecule has 1 heterocycles. The van der Waals surface area contributed by atoms with Crippen molar-refractivity contribution in [2.45, 2.75) is 6.42 Å². The van der Waals surface area contributed by atoms with Crippen LogP contribution in [0.2, 0.25) is 5.02 Å². The van der Waals surface area contributed by atoms with Gasteiger partial charge in [-0.3, -0.25) is 19.3 Å². The summed E-state index contributed by atoms with van der Waals surface area (Å²) in [5.74, 6) is -0.367. The Hall–Kier alpha value is -2.85. The Morgan fingerprint density at radius 1 is 1.06 bits per heavy atom. The molecule has 10 heteroatoms. The minimum Gasteiger partial charge on any atom is -0.352 e. The first-order valence-electron chi connectivity index (χ1n) is 9.87. The Bertz CT molecular complexity index is 1330. The van der Waals surface area contributed by atoms with Gasteiger partial charge in [0.2, 0.25) is 0 Å². The van der Waals surface area contributed by atoms with Crippen LogP contribution >= 0.6 is 27.5 Å². The molecule has 0 saturated carbocycles. The lowest BCUT2D eigenvalue weighted by atomic mass is 10.1. The van der Waals surface area contributed by atoms with Gasteiger partial charge in [0.1, 0.15) is 5.52 Å². The quantitative estimate of drug-likeness (QED) is 0.308. The zero-order valence-corrected chi connectivity index (χ0v) is 20.3. The lowest BCUT2D eigenvalue weighted by Crippen LogP contribution is -2.29. The average Bonchev–Trinajstić information content (AvgIpc) is 2.80. The highest BCUT2D eigenvalue weighted by molar-refractivity contribution is 9.10. The summed E-state index contributed by atoms with van der Waals surface area (Å²) < 4.78 is 24.5. The van der Waals surface area contributed by atoms with E-state index >= 15 is 0 Å². The Morgan fingerprint density at radius 3 is 2.58 bits per heavy atom. The molecule has 0 aliphatic carbocycles. The maximum atomic E-state index is 13.1. The molecule has 0 aliphatic rings. The van der Waals surface area contributed by atoms with Gasteiger partial charge in [-0.25, -0.2) is 8.51 Å². The highest BCUT2D eigenvalue weighted by Crippen LogP contribution is 2.35. The van der Waals surface area contributed by atoms with Crippen molar-refractivity contribution in [3.8, 4) is 0 Å². The summed E-state index contributed by atoms with van der Waals surface area (Å²) in [6.45, 7) is 0.387. The molecule has 0 fully saturated rings. The molecule has 0 spiro atoms. The van der Waals surface area contributed by atoms with Gasteiger partial charge in [-0.1, -0.05) is 45.7 Å². The predicted molar refractivity (Wildman–Crippen MR) is 134 cm³/mol. The first kappa shape index (κ1) is 23.3. The number of rotatable bonds is 7. The Labute approximate surface area is 206 Å². The van der Waals surface area contributed by atoms with Crippen LogP contribution in [0.15, 0.2) is 77.5 Å². The molecule has 0 radical (unpaired) electrons. The number of halogens is 2. The lowest BCUT2D eigenvalue weighted by Gasteiger charge is -2.23.